The summed E-state index contributed by atoms with van der Waals surface area (Å²) in [7, 11) is 0. The topological polar surface area (TPSA) is 25.8 Å². The van der Waals surface area contributed by atoms with E-state index in [1.54, 1.807) is 0 Å². The molecule has 0 spiro atoms. The predicted octanol–water partition coefficient (Wildman–Crippen LogP) is 14.0. The zero-order valence-electron chi connectivity index (χ0n) is 30.2. The fourth-order valence-electron chi connectivity index (χ4n) is 8.78. The Morgan fingerprint density at radius 2 is 1.02 bits per heavy atom. The fraction of sp³-hybridized carbons (Fsp3) is 0.0385. The number of thiophene rings is 1. The van der Waals surface area contributed by atoms with E-state index in [1.165, 1.54) is 58.9 Å². The van der Waals surface area contributed by atoms with Gasteiger partial charge in [0, 0.05) is 42.3 Å². The summed E-state index contributed by atoms with van der Waals surface area (Å²) in [5.41, 5.74) is 13.5. The molecule has 1 unspecified atom stereocenters. The lowest BCUT2D eigenvalue weighted by molar-refractivity contribution is 0.714. The Kier molecular flexibility index (Phi) is 7.20. The number of benzene rings is 8. The molecule has 1 atom stereocenters. The van der Waals surface area contributed by atoms with E-state index in [9.17, 15) is 0 Å². The average Bonchev–Trinajstić information content (AvgIpc) is 3.76. The Hall–Kier alpha value is -6.68. The summed E-state index contributed by atoms with van der Waals surface area (Å²) in [6.07, 6.45) is 0. The van der Waals surface area contributed by atoms with Crippen molar-refractivity contribution in [2.75, 3.05) is 0 Å². The van der Waals surface area contributed by atoms with Gasteiger partial charge in [-0.25, -0.2) is 9.97 Å². The Labute approximate surface area is 324 Å². The van der Waals surface area contributed by atoms with Gasteiger partial charge in [-0.3, -0.25) is 0 Å². The molecule has 0 aliphatic heterocycles. The average molecular weight is 719 g/mol. The molecule has 55 heavy (non-hydrogen) atoms. The van der Waals surface area contributed by atoms with Crippen LogP contribution in [0.2, 0.25) is 0 Å². The second-order valence-electron chi connectivity index (χ2n) is 14.7. The summed E-state index contributed by atoms with van der Waals surface area (Å²) in [5, 5.41) is 4.93. The van der Waals surface area contributed by atoms with E-state index in [4.69, 9.17) is 9.97 Å². The van der Waals surface area contributed by atoms with Crippen molar-refractivity contribution in [1.29, 1.82) is 0 Å². The minimum absolute atomic E-state index is 0.304. The molecule has 0 radical (unpaired) electrons. The van der Waals surface area contributed by atoms with Crippen molar-refractivity contribution >= 4 is 42.3 Å². The van der Waals surface area contributed by atoms with Crippen LogP contribution < -0.4 is 0 Å². The minimum atomic E-state index is -0.304. The van der Waals surface area contributed by atoms with Gasteiger partial charge in [0.1, 0.15) is 0 Å². The van der Waals surface area contributed by atoms with Crippen molar-refractivity contribution in [2.24, 2.45) is 0 Å². The smallest absolute Gasteiger partial charge is 0.161 e. The van der Waals surface area contributed by atoms with E-state index in [2.05, 4.69) is 195 Å². The maximum Gasteiger partial charge on any atom is 0.161 e. The number of rotatable bonds is 5. The Morgan fingerprint density at radius 1 is 0.400 bits per heavy atom. The van der Waals surface area contributed by atoms with E-state index in [0.29, 0.717) is 0 Å². The maximum absolute atomic E-state index is 5.37. The fourth-order valence-corrected chi connectivity index (χ4v) is 9.93. The van der Waals surface area contributed by atoms with Gasteiger partial charge in [-0.1, -0.05) is 158 Å². The molecule has 1 aliphatic carbocycles. The third-order valence-corrected chi connectivity index (χ3v) is 12.7. The molecule has 3 heteroatoms. The molecule has 10 aromatic rings. The summed E-state index contributed by atoms with van der Waals surface area (Å²) < 4.78 is 2.62. The highest BCUT2D eigenvalue weighted by Crippen LogP contribution is 2.53. The van der Waals surface area contributed by atoms with Crippen molar-refractivity contribution in [3.8, 4) is 56.2 Å². The van der Waals surface area contributed by atoms with Crippen LogP contribution in [0, 0.1) is 0 Å². The van der Waals surface area contributed by atoms with Crippen LogP contribution >= 0.6 is 11.3 Å². The summed E-state index contributed by atoms with van der Waals surface area (Å²) in [6, 6.07) is 68.1. The lowest BCUT2D eigenvalue weighted by atomic mass is 9.74. The molecule has 2 aromatic heterocycles. The molecule has 0 fully saturated rings. The summed E-state index contributed by atoms with van der Waals surface area (Å²) in [5.74, 6) is 0.719. The van der Waals surface area contributed by atoms with Crippen LogP contribution in [0.3, 0.4) is 0 Å². The standard InChI is InChI=1S/C52H34N2S/c1-52(38-17-3-2-4-18-38)45-23-9-7-20-40(45)41-27-26-37(30-46(41)52)48-32-47(53-51(54-48)44-22-12-14-33-13-5-6-19-39(33)44)36-16-11-15-34(29-36)35-25-28-43-42-21-8-10-24-49(42)55-50(43)31-35/h2-32H,1H3. The van der Waals surface area contributed by atoms with Crippen LogP contribution in [0.4, 0.5) is 0 Å². The SMILES string of the molecule is CC1(c2ccccc2)c2ccccc2-c2ccc(-c3cc(-c4cccc(-c5ccc6c(c5)sc5ccccc56)c4)nc(-c4cccc5ccccc45)n3)cc21. The Balaban J connectivity index is 1.09. The normalized spacial score (nSPS) is 14.7. The van der Waals surface area contributed by atoms with E-state index in [1.807, 2.05) is 11.3 Å². The second kappa shape index (κ2) is 12.4. The van der Waals surface area contributed by atoms with E-state index >= 15 is 0 Å². The largest absolute Gasteiger partial charge is 0.228 e. The molecule has 2 heterocycles. The predicted molar refractivity (Wildman–Crippen MR) is 232 cm³/mol. The van der Waals surface area contributed by atoms with Crippen LogP contribution in [0.5, 0.6) is 0 Å². The van der Waals surface area contributed by atoms with Crippen molar-refractivity contribution in [3.05, 3.63) is 205 Å². The first-order chi connectivity index (χ1) is 27.1. The van der Waals surface area contributed by atoms with Crippen LogP contribution in [-0.2, 0) is 5.41 Å². The van der Waals surface area contributed by atoms with Crippen molar-refractivity contribution in [3.63, 3.8) is 0 Å². The van der Waals surface area contributed by atoms with Gasteiger partial charge >= 0.3 is 0 Å². The van der Waals surface area contributed by atoms with Gasteiger partial charge in [0.15, 0.2) is 5.82 Å². The van der Waals surface area contributed by atoms with Gasteiger partial charge in [0.05, 0.1) is 11.4 Å². The summed E-state index contributed by atoms with van der Waals surface area (Å²) >= 11 is 1.85. The highest BCUT2D eigenvalue weighted by Gasteiger charge is 2.40. The lowest BCUT2D eigenvalue weighted by Crippen LogP contribution is -2.22. The number of aromatic nitrogens is 2. The van der Waals surface area contributed by atoms with Gasteiger partial charge in [-0.2, -0.15) is 0 Å². The Bertz CT molecular complexity index is 3120. The molecule has 0 saturated carbocycles. The van der Waals surface area contributed by atoms with Crippen LogP contribution in [0.15, 0.2) is 188 Å². The van der Waals surface area contributed by atoms with Crippen LogP contribution in [-0.4, -0.2) is 9.97 Å². The molecule has 0 N–H and O–H groups in total. The molecular weight excluding hydrogens is 685 g/mol. The van der Waals surface area contributed by atoms with Gasteiger partial charge in [0.25, 0.3) is 0 Å². The zero-order chi connectivity index (χ0) is 36.5. The first kappa shape index (κ1) is 31.8. The maximum atomic E-state index is 5.37. The van der Waals surface area contributed by atoms with E-state index in [-0.39, 0.29) is 5.41 Å². The highest BCUT2D eigenvalue weighted by molar-refractivity contribution is 7.25. The molecule has 0 amide bonds. The third-order valence-electron chi connectivity index (χ3n) is 11.6. The Morgan fingerprint density at radius 3 is 1.91 bits per heavy atom. The monoisotopic (exact) mass is 718 g/mol. The van der Waals surface area contributed by atoms with Crippen LogP contribution in [0.25, 0.3) is 87.1 Å². The van der Waals surface area contributed by atoms with E-state index < -0.39 is 0 Å². The van der Waals surface area contributed by atoms with Gasteiger partial charge in [-0.15, -0.1) is 11.3 Å². The summed E-state index contributed by atoms with van der Waals surface area (Å²) in [4.78, 5) is 10.7. The minimum Gasteiger partial charge on any atom is -0.228 e. The number of fused-ring (bicyclic) bond motifs is 7. The van der Waals surface area contributed by atoms with Crippen LogP contribution in [0.1, 0.15) is 23.6 Å². The van der Waals surface area contributed by atoms with Gasteiger partial charge in [0.2, 0.25) is 0 Å². The zero-order valence-corrected chi connectivity index (χ0v) is 31.0. The summed E-state index contributed by atoms with van der Waals surface area (Å²) in [6.45, 7) is 2.37. The highest BCUT2D eigenvalue weighted by atomic mass is 32.1. The molecule has 1 aliphatic rings. The molecule has 0 bridgehead atoms. The van der Waals surface area contributed by atoms with Crippen molar-refractivity contribution in [2.45, 2.75) is 12.3 Å². The molecular formula is C52H34N2S. The quantitative estimate of drug-likeness (QED) is 0.177. The molecule has 11 rings (SSSR count). The molecule has 0 saturated heterocycles. The second-order valence-corrected chi connectivity index (χ2v) is 15.8. The number of nitrogens with zero attached hydrogens (tertiary/aromatic N) is 2. The van der Waals surface area contributed by atoms with Gasteiger partial charge in [-0.05, 0) is 87.0 Å². The number of hydrogen-bond acceptors (Lipinski definition) is 3. The first-order valence-electron chi connectivity index (χ1n) is 18.8. The number of hydrogen-bond donors (Lipinski definition) is 0. The third kappa shape index (κ3) is 5.08. The van der Waals surface area contributed by atoms with Crippen molar-refractivity contribution < 1.29 is 0 Å². The molecule has 258 valence electrons. The first-order valence-corrected chi connectivity index (χ1v) is 19.6. The van der Waals surface area contributed by atoms with E-state index in [0.717, 1.165) is 44.9 Å². The molecule has 2 nitrogen and oxygen atoms in total. The van der Waals surface area contributed by atoms with Gasteiger partial charge < -0.3 is 0 Å². The molecule has 8 aromatic carbocycles. The lowest BCUT2D eigenvalue weighted by Gasteiger charge is -2.28. The van der Waals surface area contributed by atoms with Crippen molar-refractivity contribution in [1.82, 2.24) is 9.97 Å².